The molecule has 0 radical (unpaired) electrons. The maximum absolute atomic E-state index is 13.3. The van der Waals surface area contributed by atoms with E-state index >= 15 is 0 Å². The van der Waals surface area contributed by atoms with Crippen molar-refractivity contribution in [3.05, 3.63) is 98.1 Å². The molecule has 4 rings (SSSR count). The fourth-order valence-electron chi connectivity index (χ4n) is 3.18. The minimum atomic E-state index is -0.412. The molecule has 0 saturated carbocycles. The third-order valence-corrected chi connectivity index (χ3v) is 5.80. The number of amides is 3. The van der Waals surface area contributed by atoms with Gasteiger partial charge in [-0.3, -0.25) is 24.2 Å². The summed E-state index contributed by atoms with van der Waals surface area (Å²) in [6.07, 6.45) is 0. The van der Waals surface area contributed by atoms with E-state index in [9.17, 15) is 14.4 Å². The van der Waals surface area contributed by atoms with Crippen LogP contribution in [0.15, 0.2) is 72.8 Å². The standard InChI is InChI=1S/C22H14ClIN2O3/c23-15-11-9-14(10-12-15)20(27)25(19-8-4-3-7-18(19)24)13-26-21(28)16-5-1-2-6-17(16)22(26)29/h1-12H,13H2. The molecule has 5 nitrogen and oxygen atoms in total. The SMILES string of the molecule is O=C1c2ccccc2C(=O)N1CN(C(=O)c1ccc(Cl)cc1)c1ccccc1I. The smallest absolute Gasteiger partial charge is 0.263 e. The van der Waals surface area contributed by atoms with Crippen LogP contribution in [0.2, 0.25) is 5.02 Å². The zero-order valence-electron chi connectivity index (χ0n) is 15.0. The molecule has 144 valence electrons. The Labute approximate surface area is 186 Å². The molecule has 0 bridgehead atoms. The first-order valence-corrected chi connectivity index (χ1v) is 10.2. The van der Waals surface area contributed by atoms with Crippen LogP contribution in [0.3, 0.4) is 0 Å². The third kappa shape index (κ3) is 3.65. The summed E-state index contributed by atoms with van der Waals surface area (Å²) in [4.78, 5) is 41.5. The molecule has 3 aromatic carbocycles. The quantitative estimate of drug-likeness (QED) is 0.368. The third-order valence-electron chi connectivity index (χ3n) is 4.64. The molecule has 1 aliphatic heterocycles. The maximum Gasteiger partial charge on any atom is 0.263 e. The summed E-state index contributed by atoms with van der Waals surface area (Å²) < 4.78 is 0.823. The lowest BCUT2D eigenvalue weighted by atomic mass is 10.1. The van der Waals surface area contributed by atoms with Gasteiger partial charge in [-0.25, -0.2) is 0 Å². The lowest BCUT2D eigenvalue weighted by Gasteiger charge is -2.28. The average molecular weight is 517 g/mol. The minimum Gasteiger partial charge on any atom is -0.288 e. The summed E-state index contributed by atoms with van der Waals surface area (Å²) in [5, 5.41) is 0.516. The van der Waals surface area contributed by atoms with Crippen molar-refractivity contribution in [2.24, 2.45) is 0 Å². The number of anilines is 1. The van der Waals surface area contributed by atoms with E-state index in [1.807, 2.05) is 18.2 Å². The summed E-state index contributed by atoms with van der Waals surface area (Å²) in [5.41, 5.74) is 1.72. The van der Waals surface area contributed by atoms with Crippen LogP contribution >= 0.6 is 34.2 Å². The molecule has 7 heteroatoms. The van der Waals surface area contributed by atoms with Crippen molar-refractivity contribution in [3.63, 3.8) is 0 Å². The second kappa shape index (κ2) is 7.96. The molecule has 0 aliphatic carbocycles. The normalized spacial score (nSPS) is 12.8. The van der Waals surface area contributed by atoms with Crippen LogP contribution in [-0.4, -0.2) is 29.3 Å². The predicted octanol–water partition coefficient (Wildman–Crippen LogP) is 4.85. The number of halogens is 2. The Bertz CT molecular complexity index is 1100. The molecular formula is C22H14ClIN2O3. The van der Waals surface area contributed by atoms with E-state index in [0.717, 1.165) is 8.47 Å². The van der Waals surface area contributed by atoms with E-state index in [0.29, 0.717) is 27.4 Å². The number of fused-ring (bicyclic) bond motifs is 1. The molecule has 1 aliphatic rings. The number of carbonyl (C=O) groups excluding carboxylic acids is 3. The number of nitrogens with zero attached hydrogens (tertiary/aromatic N) is 2. The summed E-state index contributed by atoms with van der Waals surface area (Å²) in [6, 6.07) is 20.5. The van der Waals surface area contributed by atoms with Crippen LogP contribution in [0.4, 0.5) is 5.69 Å². The van der Waals surface area contributed by atoms with Crippen molar-refractivity contribution >= 4 is 57.6 Å². The molecule has 29 heavy (non-hydrogen) atoms. The van der Waals surface area contributed by atoms with Crippen LogP contribution in [-0.2, 0) is 0 Å². The van der Waals surface area contributed by atoms with Crippen LogP contribution in [0.25, 0.3) is 0 Å². The molecule has 1 heterocycles. The zero-order chi connectivity index (χ0) is 20.5. The molecule has 0 N–H and O–H groups in total. The Morgan fingerprint density at radius 3 is 2.00 bits per heavy atom. The van der Waals surface area contributed by atoms with Gasteiger partial charge in [0.25, 0.3) is 17.7 Å². The fourth-order valence-corrected chi connectivity index (χ4v) is 3.98. The Kier molecular flexibility index (Phi) is 5.38. The predicted molar refractivity (Wildman–Crippen MR) is 119 cm³/mol. The number of para-hydroxylation sites is 1. The highest BCUT2D eigenvalue weighted by molar-refractivity contribution is 14.1. The highest BCUT2D eigenvalue weighted by Crippen LogP contribution is 2.28. The van der Waals surface area contributed by atoms with Gasteiger partial charge in [0, 0.05) is 14.2 Å². The first kappa shape index (κ1) is 19.6. The summed E-state index contributed by atoms with van der Waals surface area (Å²) in [6.45, 7) is -0.187. The van der Waals surface area contributed by atoms with Crippen LogP contribution in [0.5, 0.6) is 0 Å². The molecule has 3 aromatic rings. The lowest BCUT2D eigenvalue weighted by Crippen LogP contribution is -2.44. The highest BCUT2D eigenvalue weighted by Gasteiger charge is 2.37. The molecule has 0 atom stereocenters. The van der Waals surface area contributed by atoms with Crippen molar-refractivity contribution in [2.75, 3.05) is 11.6 Å². The van der Waals surface area contributed by atoms with Gasteiger partial charge in [0.1, 0.15) is 6.67 Å². The van der Waals surface area contributed by atoms with E-state index < -0.39 is 11.8 Å². The Morgan fingerprint density at radius 2 is 1.41 bits per heavy atom. The number of hydrogen-bond donors (Lipinski definition) is 0. The van der Waals surface area contributed by atoms with Crippen molar-refractivity contribution in [2.45, 2.75) is 0 Å². The molecule has 0 spiro atoms. The second-order valence-corrected chi connectivity index (χ2v) is 8.02. The topological polar surface area (TPSA) is 57.7 Å². The molecule has 0 saturated heterocycles. The van der Waals surface area contributed by atoms with Crippen LogP contribution < -0.4 is 4.90 Å². The van der Waals surface area contributed by atoms with Gasteiger partial charge in [0.2, 0.25) is 0 Å². The van der Waals surface area contributed by atoms with Crippen molar-refractivity contribution in [1.82, 2.24) is 4.90 Å². The first-order valence-electron chi connectivity index (χ1n) is 8.74. The lowest BCUT2D eigenvalue weighted by molar-refractivity contribution is 0.0650. The highest BCUT2D eigenvalue weighted by atomic mass is 127. The minimum absolute atomic E-state index is 0.187. The van der Waals surface area contributed by atoms with Crippen LogP contribution in [0.1, 0.15) is 31.1 Å². The Morgan fingerprint density at radius 1 is 0.862 bits per heavy atom. The van der Waals surface area contributed by atoms with Crippen LogP contribution in [0, 0.1) is 3.57 Å². The summed E-state index contributed by atoms with van der Waals surface area (Å²) in [5.74, 6) is -1.15. The van der Waals surface area contributed by atoms with E-state index in [2.05, 4.69) is 22.6 Å². The summed E-state index contributed by atoms with van der Waals surface area (Å²) in [7, 11) is 0. The molecule has 0 aromatic heterocycles. The van der Waals surface area contributed by atoms with Gasteiger partial charge >= 0.3 is 0 Å². The van der Waals surface area contributed by atoms with Crippen molar-refractivity contribution in [1.29, 1.82) is 0 Å². The Balaban J connectivity index is 1.73. The van der Waals surface area contributed by atoms with E-state index in [4.69, 9.17) is 11.6 Å². The van der Waals surface area contributed by atoms with E-state index in [1.54, 1.807) is 54.6 Å². The maximum atomic E-state index is 13.3. The molecule has 0 unspecified atom stereocenters. The number of carbonyl (C=O) groups is 3. The first-order chi connectivity index (χ1) is 14.0. The van der Waals surface area contributed by atoms with Gasteiger partial charge in [-0.15, -0.1) is 0 Å². The summed E-state index contributed by atoms with van der Waals surface area (Å²) >= 11 is 8.07. The molecule has 3 amide bonds. The monoisotopic (exact) mass is 516 g/mol. The Hall–Kier alpha value is -2.71. The number of imide groups is 1. The number of hydrogen-bond acceptors (Lipinski definition) is 3. The molecule has 0 fully saturated rings. The van der Waals surface area contributed by atoms with Gasteiger partial charge in [-0.1, -0.05) is 35.9 Å². The number of benzene rings is 3. The van der Waals surface area contributed by atoms with Gasteiger partial charge in [-0.05, 0) is 71.1 Å². The van der Waals surface area contributed by atoms with E-state index in [-0.39, 0.29) is 12.6 Å². The largest absolute Gasteiger partial charge is 0.288 e. The van der Waals surface area contributed by atoms with Gasteiger partial charge in [0.15, 0.2) is 0 Å². The van der Waals surface area contributed by atoms with Gasteiger partial charge in [0.05, 0.1) is 16.8 Å². The van der Waals surface area contributed by atoms with E-state index in [1.165, 1.54) is 4.90 Å². The number of rotatable bonds is 4. The van der Waals surface area contributed by atoms with Crippen molar-refractivity contribution < 1.29 is 14.4 Å². The zero-order valence-corrected chi connectivity index (χ0v) is 17.9. The average Bonchev–Trinajstić information content (AvgIpc) is 2.97. The second-order valence-electron chi connectivity index (χ2n) is 6.42. The fraction of sp³-hybridized carbons (Fsp3) is 0.0455. The molecular weight excluding hydrogens is 503 g/mol. The van der Waals surface area contributed by atoms with Gasteiger partial charge < -0.3 is 0 Å². The van der Waals surface area contributed by atoms with Crippen molar-refractivity contribution in [3.8, 4) is 0 Å². The van der Waals surface area contributed by atoms with Gasteiger partial charge in [-0.2, -0.15) is 0 Å².